The number of nitrogens with zero attached hydrogens (tertiary/aromatic N) is 4. The average Bonchev–Trinajstić information content (AvgIpc) is 2.93. The summed E-state index contributed by atoms with van der Waals surface area (Å²) in [6, 6.07) is 14.6. The molecular formula is C29H38FN5O4. The summed E-state index contributed by atoms with van der Waals surface area (Å²) in [4.78, 5) is 43.9. The Morgan fingerprint density at radius 1 is 1.10 bits per heavy atom. The number of amides is 4. The highest BCUT2D eigenvalue weighted by atomic mass is 19.1. The van der Waals surface area contributed by atoms with Crippen LogP contribution >= 0.6 is 0 Å². The van der Waals surface area contributed by atoms with Crippen LogP contribution in [0.4, 0.5) is 9.18 Å². The van der Waals surface area contributed by atoms with Crippen molar-refractivity contribution in [3.05, 3.63) is 71.5 Å². The van der Waals surface area contributed by atoms with Crippen molar-refractivity contribution in [3.8, 4) is 0 Å². The van der Waals surface area contributed by atoms with Crippen molar-refractivity contribution >= 4 is 17.8 Å². The molecule has 2 fully saturated rings. The molecule has 0 aromatic heterocycles. The van der Waals surface area contributed by atoms with E-state index in [0.717, 1.165) is 5.56 Å². The molecule has 0 spiro atoms. The van der Waals surface area contributed by atoms with Crippen LogP contribution in [0.2, 0.25) is 0 Å². The normalized spacial score (nSPS) is 21.5. The first-order valence-electron chi connectivity index (χ1n) is 13.5. The SMILES string of the molecule is CCC(C)[C@H]1C(=O)N(C(C)COCc2ccccc2F)C[C@H]2N1C(=O)CN(C)N2C(=O)NCc1ccccc1. The van der Waals surface area contributed by atoms with Crippen LogP contribution in [0.1, 0.15) is 38.3 Å². The van der Waals surface area contributed by atoms with Gasteiger partial charge in [-0.1, -0.05) is 68.8 Å². The van der Waals surface area contributed by atoms with Gasteiger partial charge in [0.1, 0.15) is 18.0 Å². The summed E-state index contributed by atoms with van der Waals surface area (Å²) in [5.41, 5.74) is 1.40. The van der Waals surface area contributed by atoms with Gasteiger partial charge in [-0.2, -0.15) is 0 Å². The summed E-state index contributed by atoms with van der Waals surface area (Å²) < 4.78 is 19.8. The first-order chi connectivity index (χ1) is 18.7. The van der Waals surface area contributed by atoms with E-state index in [1.165, 1.54) is 6.07 Å². The van der Waals surface area contributed by atoms with E-state index in [0.29, 0.717) is 18.5 Å². The molecule has 2 saturated heterocycles. The number of piperazine rings is 1. The van der Waals surface area contributed by atoms with Crippen molar-refractivity contribution in [2.45, 2.75) is 58.6 Å². The maximum Gasteiger partial charge on any atom is 0.334 e. The van der Waals surface area contributed by atoms with Crippen molar-refractivity contribution in [2.24, 2.45) is 5.92 Å². The zero-order valence-electron chi connectivity index (χ0n) is 23.0. The van der Waals surface area contributed by atoms with Crippen LogP contribution in [-0.4, -0.2) is 82.7 Å². The fraction of sp³-hybridized carbons (Fsp3) is 0.483. The van der Waals surface area contributed by atoms with Gasteiger partial charge in [-0.05, 0) is 24.5 Å². The monoisotopic (exact) mass is 539 g/mol. The van der Waals surface area contributed by atoms with E-state index in [1.807, 2.05) is 51.1 Å². The van der Waals surface area contributed by atoms with Crippen LogP contribution in [0.5, 0.6) is 0 Å². The maximum atomic E-state index is 14.0. The number of rotatable bonds is 9. The number of carbonyl (C=O) groups excluding carboxylic acids is 3. The number of hydrogen-bond acceptors (Lipinski definition) is 5. The van der Waals surface area contributed by atoms with Gasteiger partial charge in [-0.25, -0.2) is 19.2 Å². The van der Waals surface area contributed by atoms with Gasteiger partial charge in [-0.15, -0.1) is 0 Å². The van der Waals surface area contributed by atoms with E-state index in [1.54, 1.807) is 45.1 Å². The second kappa shape index (κ2) is 12.6. The summed E-state index contributed by atoms with van der Waals surface area (Å²) >= 11 is 0. The first-order valence-corrected chi connectivity index (χ1v) is 13.5. The third kappa shape index (κ3) is 6.23. The maximum absolute atomic E-state index is 14.0. The standard InChI is InChI=1S/C29H38FN5O4/c1-5-20(2)27-28(37)33(21(3)18-39-19-23-13-9-10-14-24(23)30)16-25-34(27)26(36)17-32(4)35(25)29(38)31-15-22-11-7-6-8-12-22/h6-14,20-21,25,27H,5,15-19H2,1-4H3,(H,31,38)/t20?,21?,25-,27-/m0/s1. The Morgan fingerprint density at radius 2 is 1.79 bits per heavy atom. The van der Waals surface area contributed by atoms with Crippen LogP contribution in [0.15, 0.2) is 54.6 Å². The van der Waals surface area contributed by atoms with E-state index < -0.39 is 12.2 Å². The highest BCUT2D eigenvalue weighted by molar-refractivity contribution is 5.91. The minimum absolute atomic E-state index is 0.00320. The van der Waals surface area contributed by atoms with E-state index in [-0.39, 0.29) is 61.9 Å². The zero-order chi connectivity index (χ0) is 28.1. The molecule has 9 nitrogen and oxygen atoms in total. The predicted molar refractivity (Wildman–Crippen MR) is 144 cm³/mol. The van der Waals surface area contributed by atoms with Crippen LogP contribution in [0, 0.1) is 11.7 Å². The third-order valence-corrected chi connectivity index (χ3v) is 7.60. The van der Waals surface area contributed by atoms with Crippen molar-refractivity contribution in [1.29, 1.82) is 0 Å². The Bertz CT molecular complexity index is 1170. The second-order valence-electron chi connectivity index (χ2n) is 10.4. The number of ether oxygens (including phenoxy) is 1. The van der Waals surface area contributed by atoms with Gasteiger partial charge in [-0.3, -0.25) is 9.59 Å². The van der Waals surface area contributed by atoms with Gasteiger partial charge < -0.3 is 19.9 Å². The lowest BCUT2D eigenvalue weighted by molar-refractivity contribution is -0.193. The summed E-state index contributed by atoms with van der Waals surface area (Å²) in [6.07, 6.45) is 0.0207. The summed E-state index contributed by atoms with van der Waals surface area (Å²) in [7, 11) is 1.71. The Hall–Kier alpha value is -3.50. The lowest BCUT2D eigenvalue weighted by atomic mass is 9.92. The van der Waals surface area contributed by atoms with Crippen molar-refractivity contribution in [1.82, 2.24) is 25.1 Å². The van der Waals surface area contributed by atoms with Crippen molar-refractivity contribution < 1.29 is 23.5 Å². The molecule has 0 radical (unpaired) electrons. The molecule has 4 amide bonds. The van der Waals surface area contributed by atoms with Gasteiger partial charge >= 0.3 is 6.03 Å². The largest absolute Gasteiger partial charge is 0.375 e. The quantitative estimate of drug-likeness (QED) is 0.529. The van der Waals surface area contributed by atoms with Crippen LogP contribution < -0.4 is 5.32 Å². The Morgan fingerprint density at radius 3 is 2.49 bits per heavy atom. The van der Waals surface area contributed by atoms with Gasteiger partial charge in [0.15, 0.2) is 0 Å². The number of hydrazine groups is 1. The Labute approximate surface area is 229 Å². The molecule has 2 aliphatic rings. The molecule has 0 aliphatic carbocycles. The van der Waals surface area contributed by atoms with Gasteiger partial charge in [0.2, 0.25) is 11.8 Å². The molecule has 10 heteroatoms. The number of urea groups is 1. The Balaban J connectivity index is 1.54. The molecule has 39 heavy (non-hydrogen) atoms. The molecule has 4 rings (SSSR count). The topological polar surface area (TPSA) is 85.4 Å². The fourth-order valence-corrected chi connectivity index (χ4v) is 5.25. The van der Waals surface area contributed by atoms with Crippen LogP contribution in [0.3, 0.4) is 0 Å². The summed E-state index contributed by atoms with van der Waals surface area (Å²) in [5, 5.41) is 6.13. The molecular weight excluding hydrogens is 501 g/mol. The fourth-order valence-electron chi connectivity index (χ4n) is 5.25. The minimum atomic E-state index is -0.701. The lowest BCUT2D eigenvalue weighted by Gasteiger charge is -2.56. The second-order valence-corrected chi connectivity index (χ2v) is 10.4. The van der Waals surface area contributed by atoms with E-state index in [9.17, 15) is 18.8 Å². The van der Waals surface area contributed by atoms with Crippen molar-refractivity contribution in [3.63, 3.8) is 0 Å². The lowest BCUT2D eigenvalue weighted by Crippen LogP contribution is -2.77. The van der Waals surface area contributed by atoms with E-state index in [4.69, 9.17) is 4.74 Å². The first kappa shape index (κ1) is 28.5. The Kier molecular flexibility index (Phi) is 9.19. The molecule has 2 aliphatic heterocycles. The zero-order valence-corrected chi connectivity index (χ0v) is 23.0. The molecule has 2 aromatic carbocycles. The van der Waals surface area contributed by atoms with Crippen LogP contribution in [-0.2, 0) is 27.5 Å². The summed E-state index contributed by atoms with van der Waals surface area (Å²) in [6.45, 7) is 6.55. The molecule has 210 valence electrons. The van der Waals surface area contributed by atoms with Crippen LogP contribution in [0.25, 0.3) is 0 Å². The van der Waals surface area contributed by atoms with E-state index >= 15 is 0 Å². The summed E-state index contributed by atoms with van der Waals surface area (Å²) in [5.74, 6) is -0.801. The number of benzene rings is 2. The molecule has 2 heterocycles. The smallest absolute Gasteiger partial charge is 0.334 e. The van der Waals surface area contributed by atoms with Gasteiger partial charge in [0.25, 0.3) is 0 Å². The highest BCUT2D eigenvalue weighted by Gasteiger charge is 2.52. The molecule has 4 atom stereocenters. The number of halogens is 1. The average molecular weight is 540 g/mol. The number of fused-ring (bicyclic) bond motifs is 1. The molecule has 0 bridgehead atoms. The molecule has 1 N–H and O–H groups in total. The highest BCUT2D eigenvalue weighted by Crippen LogP contribution is 2.31. The number of likely N-dealkylation sites (N-methyl/N-ethyl adjacent to an activating group) is 1. The third-order valence-electron chi connectivity index (χ3n) is 7.60. The van der Waals surface area contributed by atoms with Crippen molar-refractivity contribution in [2.75, 3.05) is 26.7 Å². The molecule has 0 saturated carbocycles. The molecule has 2 unspecified atom stereocenters. The number of nitrogens with one attached hydrogen (secondary N) is 1. The van der Waals surface area contributed by atoms with Gasteiger partial charge in [0.05, 0.1) is 32.3 Å². The number of carbonyl (C=O) groups is 3. The molecule has 2 aromatic rings. The number of hydrogen-bond donors (Lipinski definition) is 1. The van der Waals surface area contributed by atoms with Gasteiger partial charge in [0, 0.05) is 19.2 Å². The minimum Gasteiger partial charge on any atom is -0.375 e. The van der Waals surface area contributed by atoms with E-state index in [2.05, 4.69) is 5.32 Å². The predicted octanol–water partition coefficient (Wildman–Crippen LogP) is 3.21.